The van der Waals surface area contributed by atoms with Gasteiger partial charge in [-0.1, -0.05) is 24.3 Å². The van der Waals surface area contributed by atoms with Gasteiger partial charge in [-0.2, -0.15) is 0 Å². The number of rotatable bonds is 5. The lowest BCUT2D eigenvalue weighted by atomic mass is 9.79. The highest BCUT2D eigenvalue weighted by molar-refractivity contribution is 6.00. The number of dihydropyridines is 1. The highest BCUT2D eigenvalue weighted by atomic mass is 16.5. The van der Waals surface area contributed by atoms with Gasteiger partial charge in [0.2, 0.25) is 0 Å². The number of esters is 2. The van der Waals surface area contributed by atoms with Crippen molar-refractivity contribution in [3.8, 4) is 0 Å². The fourth-order valence-electron chi connectivity index (χ4n) is 2.99. The van der Waals surface area contributed by atoms with Gasteiger partial charge < -0.3 is 20.5 Å². The van der Waals surface area contributed by atoms with Gasteiger partial charge in [0.1, 0.15) is 5.82 Å². The zero-order valence-corrected chi connectivity index (χ0v) is 15.0. The molecule has 0 amide bonds. The molecule has 1 aliphatic heterocycles. The number of benzene rings is 1. The SMILES string of the molecule is CCOC(=O)C1=C(C)NC(N)=C(C(=O)OCC)C1c1ccccc1C. The Hall–Kier alpha value is -2.76. The van der Waals surface area contributed by atoms with Crippen LogP contribution in [-0.4, -0.2) is 25.2 Å². The first kappa shape index (κ1) is 18.6. The molecule has 2 rings (SSSR count). The molecule has 6 heteroatoms. The van der Waals surface area contributed by atoms with Crippen LogP contribution in [0.4, 0.5) is 0 Å². The third kappa shape index (κ3) is 3.68. The summed E-state index contributed by atoms with van der Waals surface area (Å²) in [6.07, 6.45) is 0. The van der Waals surface area contributed by atoms with Crippen LogP contribution in [-0.2, 0) is 19.1 Å². The van der Waals surface area contributed by atoms with Crippen LogP contribution in [0, 0.1) is 6.92 Å². The molecule has 0 spiro atoms. The number of aryl methyl sites for hydroxylation is 1. The van der Waals surface area contributed by atoms with Gasteiger partial charge in [-0.15, -0.1) is 0 Å². The molecule has 134 valence electrons. The molecule has 0 aliphatic carbocycles. The predicted octanol–water partition coefficient (Wildman–Crippen LogP) is 2.25. The summed E-state index contributed by atoms with van der Waals surface area (Å²) in [6.45, 7) is 7.59. The van der Waals surface area contributed by atoms with Crippen LogP contribution in [0.15, 0.2) is 46.9 Å². The Bertz CT molecular complexity index is 710. The second kappa shape index (κ2) is 7.88. The highest BCUT2D eigenvalue weighted by Gasteiger charge is 2.38. The van der Waals surface area contributed by atoms with E-state index in [1.807, 2.05) is 31.2 Å². The number of ether oxygens (including phenoxy) is 2. The minimum atomic E-state index is -0.638. The third-order valence-electron chi connectivity index (χ3n) is 4.08. The summed E-state index contributed by atoms with van der Waals surface area (Å²) >= 11 is 0. The molecule has 0 bridgehead atoms. The summed E-state index contributed by atoms with van der Waals surface area (Å²) in [4.78, 5) is 25.2. The largest absolute Gasteiger partial charge is 0.463 e. The van der Waals surface area contributed by atoms with Gasteiger partial charge in [0.05, 0.1) is 30.3 Å². The molecule has 1 aromatic rings. The first-order valence-corrected chi connectivity index (χ1v) is 8.29. The van der Waals surface area contributed by atoms with E-state index < -0.39 is 17.9 Å². The molecule has 0 radical (unpaired) electrons. The predicted molar refractivity (Wildman–Crippen MR) is 94.2 cm³/mol. The third-order valence-corrected chi connectivity index (χ3v) is 4.08. The molecular weight excluding hydrogens is 320 g/mol. The maximum absolute atomic E-state index is 12.6. The number of hydrogen-bond acceptors (Lipinski definition) is 6. The van der Waals surface area contributed by atoms with Crippen molar-refractivity contribution in [1.82, 2.24) is 5.32 Å². The van der Waals surface area contributed by atoms with E-state index in [1.165, 1.54) is 0 Å². The maximum atomic E-state index is 12.6. The summed E-state index contributed by atoms with van der Waals surface area (Å²) in [6, 6.07) is 7.57. The van der Waals surface area contributed by atoms with E-state index >= 15 is 0 Å². The molecule has 25 heavy (non-hydrogen) atoms. The van der Waals surface area contributed by atoms with Crippen molar-refractivity contribution in [3.63, 3.8) is 0 Å². The Kier molecular flexibility index (Phi) is 5.85. The van der Waals surface area contributed by atoms with Crippen molar-refractivity contribution in [2.75, 3.05) is 13.2 Å². The lowest BCUT2D eigenvalue weighted by molar-refractivity contribution is -0.139. The van der Waals surface area contributed by atoms with Crippen molar-refractivity contribution in [2.45, 2.75) is 33.6 Å². The normalized spacial score (nSPS) is 17.2. The van der Waals surface area contributed by atoms with Crippen LogP contribution in [0.1, 0.15) is 37.8 Å². The van der Waals surface area contributed by atoms with Crippen LogP contribution in [0.2, 0.25) is 0 Å². The first-order valence-electron chi connectivity index (χ1n) is 8.29. The zero-order valence-electron chi connectivity index (χ0n) is 15.0. The van der Waals surface area contributed by atoms with Crippen molar-refractivity contribution in [1.29, 1.82) is 0 Å². The monoisotopic (exact) mass is 344 g/mol. The van der Waals surface area contributed by atoms with E-state index in [1.54, 1.807) is 20.8 Å². The second-order valence-electron chi connectivity index (χ2n) is 5.72. The van der Waals surface area contributed by atoms with Crippen molar-refractivity contribution >= 4 is 11.9 Å². The van der Waals surface area contributed by atoms with E-state index in [0.717, 1.165) is 11.1 Å². The average molecular weight is 344 g/mol. The van der Waals surface area contributed by atoms with E-state index in [4.69, 9.17) is 15.2 Å². The fraction of sp³-hybridized carbons (Fsp3) is 0.368. The number of allylic oxidation sites excluding steroid dienone is 1. The van der Waals surface area contributed by atoms with Crippen molar-refractivity contribution in [2.24, 2.45) is 5.73 Å². The van der Waals surface area contributed by atoms with E-state index in [0.29, 0.717) is 11.3 Å². The Morgan fingerprint density at radius 2 is 1.60 bits per heavy atom. The minimum Gasteiger partial charge on any atom is -0.463 e. The first-order chi connectivity index (χ1) is 11.9. The van der Waals surface area contributed by atoms with Crippen molar-refractivity contribution in [3.05, 3.63) is 58.1 Å². The minimum absolute atomic E-state index is 0.192. The second-order valence-corrected chi connectivity index (χ2v) is 5.72. The van der Waals surface area contributed by atoms with Crippen LogP contribution in [0.3, 0.4) is 0 Å². The van der Waals surface area contributed by atoms with E-state index in [-0.39, 0.29) is 24.6 Å². The van der Waals surface area contributed by atoms with Crippen LogP contribution in [0.5, 0.6) is 0 Å². The molecule has 0 saturated carbocycles. The molecule has 1 atom stereocenters. The number of nitrogens with two attached hydrogens (primary N) is 1. The molecule has 1 aliphatic rings. The number of hydrogen-bond donors (Lipinski definition) is 2. The summed E-state index contributed by atoms with van der Waals surface area (Å²) in [7, 11) is 0. The molecule has 1 unspecified atom stereocenters. The van der Waals surface area contributed by atoms with Gasteiger partial charge in [-0.05, 0) is 38.8 Å². The molecule has 1 aromatic carbocycles. The summed E-state index contributed by atoms with van der Waals surface area (Å²) in [5.41, 5.74) is 9.02. The van der Waals surface area contributed by atoms with Crippen molar-refractivity contribution < 1.29 is 19.1 Å². The lowest BCUT2D eigenvalue weighted by Gasteiger charge is -2.30. The summed E-state index contributed by atoms with van der Waals surface area (Å²) in [5, 5.41) is 2.91. The quantitative estimate of drug-likeness (QED) is 0.796. The van der Waals surface area contributed by atoms with Crippen LogP contribution < -0.4 is 11.1 Å². The van der Waals surface area contributed by atoms with E-state index in [9.17, 15) is 9.59 Å². The molecule has 6 nitrogen and oxygen atoms in total. The Morgan fingerprint density at radius 3 is 2.16 bits per heavy atom. The van der Waals surface area contributed by atoms with Crippen LogP contribution >= 0.6 is 0 Å². The molecular formula is C19H24N2O4. The molecule has 0 aromatic heterocycles. The van der Waals surface area contributed by atoms with Gasteiger partial charge in [0, 0.05) is 5.70 Å². The van der Waals surface area contributed by atoms with Gasteiger partial charge in [0.25, 0.3) is 0 Å². The van der Waals surface area contributed by atoms with Gasteiger partial charge in [-0.25, -0.2) is 9.59 Å². The highest BCUT2D eigenvalue weighted by Crippen LogP contribution is 2.39. The zero-order chi connectivity index (χ0) is 18.6. The fourth-order valence-corrected chi connectivity index (χ4v) is 2.99. The van der Waals surface area contributed by atoms with Gasteiger partial charge in [-0.3, -0.25) is 0 Å². The molecule has 0 saturated heterocycles. The Balaban J connectivity index is 2.66. The Labute approximate surface area is 147 Å². The summed E-state index contributed by atoms with van der Waals surface area (Å²) in [5.74, 6) is -1.47. The Morgan fingerprint density at radius 1 is 1.04 bits per heavy atom. The number of nitrogens with one attached hydrogen (secondary N) is 1. The summed E-state index contributed by atoms with van der Waals surface area (Å²) < 4.78 is 10.4. The molecule has 3 N–H and O–H groups in total. The van der Waals surface area contributed by atoms with Gasteiger partial charge in [0.15, 0.2) is 0 Å². The van der Waals surface area contributed by atoms with Gasteiger partial charge >= 0.3 is 11.9 Å². The smallest absolute Gasteiger partial charge is 0.338 e. The number of carbonyl (C=O) groups is 2. The lowest BCUT2D eigenvalue weighted by Crippen LogP contribution is -2.36. The molecule has 1 heterocycles. The maximum Gasteiger partial charge on any atom is 0.338 e. The average Bonchev–Trinajstić information content (AvgIpc) is 2.54. The standard InChI is InChI=1S/C19H24N2O4/c1-5-24-18(22)14-12(4)21-17(20)16(19(23)25-6-2)15(14)13-10-8-7-9-11(13)3/h7-10,15,21H,5-6,20H2,1-4H3. The van der Waals surface area contributed by atoms with E-state index in [2.05, 4.69) is 5.32 Å². The number of carbonyl (C=O) groups excluding carboxylic acids is 2. The topological polar surface area (TPSA) is 90.6 Å². The van der Waals surface area contributed by atoms with Crippen LogP contribution in [0.25, 0.3) is 0 Å². The molecule has 0 fully saturated rings.